The van der Waals surface area contributed by atoms with Crippen molar-refractivity contribution >= 4 is 16.8 Å². The molecular formula is C15H20N2O3. The Bertz CT molecular complexity index is 590. The zero-order chi connectivity index (χ0) is 14.5. The maximum absolute atomic E-state index is 12.2. The number of nitrogens with one attached hydrogen (secondary N) is 1. The number of para-hydroxylation sites is 1. The molecule has 0 spiro atoms. The highest BCUT2D eigenvalue weighted by molar-refractivity contribution is 5.98. The summed E-state index contributed by atoms with van der Waals surface area (Å²) in [6.45, 7) is 3.03. The number of fused-ring (bicyclic) bond motifs is 1. The number of aromatic nitrogens is 1. The molecule has 0 bridgehead atoms. The van der Waals surface area contributed by atoms with Gasteiger partial charge in [0.05, 0.1) is 12.7 Å². The second kappa shape index (κ2) is 6.54. The number of amides is 1. The van der Waals surface area contributed by atoms with E-state index in [9.17, 15) is 9.90 Å². The molecule has 0 fully saturated rings. The molecule has 5 heteroatoms. The summed E-state index contributed by atoms with van der Waals surface area (Å²) < 4.78 is 7.05. The summed E-state index contributed by atoms with van der Waals surface area (Å²) in [5, 5.41) is 13.0. The fourth-order valence-corrected chi connectivity index (χ4v) is 2.15. The normalized spacial score (nSPS) is 12.6. The molecule has 0 aliphatic rings. The third-order valence-corrected chi connectivity index (χ3v) is 3.12. The van der Waals surface area contributed by atoms with Crippen LogP contribution in [-0.4, -0.2) is 41.9 Å². The van der Waals surface area contributed by atoms with Crippen LogP contribution >= 0.6 is 0 Å². The van der Waals surface area contributed by atoms with E-state index in [2.05, 4.69) is 5.32 Å². The first kappa shape index (κ1) is 14.6. The smallest absolute Gasteiger partial charge is 0.268 e. The molecule has 108 valence electrons. The molecule has 2 aromatic rings. The highest BCUT2D eigenvalue weighted by Gasteiger charge is 2.15. The third-order valence-electron chi connectivity index (χ3n) is 3.12. The average Bonchev–Trinajstić information content (AvgIpc) is 2.81. The van der Waals surface area contributed by atoms with Gasteiger partial charge >= 0.3 is 0 Å². The lowest BCUT2D eigenvalue weighted by atomic mass is 10.2. The van der Waals surface area contributed by atoms with Gasteiger partial charge in [-0.25, -0.2) is 0 Å². The van der Waals surface area contributed by atoms with Crippen LogP contribution in [0.25, 0.3) is 10.9 Å². The largest absolute Gasteiger partial charge is 0.392 e. The van der Waals surface area contributed by atoms with E-state index in [0.29, 0.717) is 18.8 Å². The Morgan fingerprint density at radius 2 is 2.20 bits per heavy atom. The second-order valence-electron chi connectivity index (χ2n) is 4.79. The minimum absolute atomic E-state index is 0.182. The number of methoxy groups -OCH3 is 1. The lowest BCUT2D eigenvalue weighted by Crippen LogP contribution is -2.32. The van der Waals surface area contributed by atoms with Crippen molar-refractivity contribution in [1.82, 2.24) is 9.88 Å². The predicted octanol–water partition coefficient (Wildman–Crippen LogP) is 1.40. The Hall–Kier alpha value is -1.85. The summed E-state index contributed by atoms with van der Waals surface area (Å²) >= 11 is 0. The van der Waals surface area contributed by atoms with Crippen molar-refractivity contribution in [2.24, 2.45) is 0 Å². The Kier molecular flexibility index (Phi) is 4.76. The number of ether oxygens (including phenoxy) is 1. The Morgan fingerprint density at radius 3 is 2.90 bits per heavy atom. The first-order valence-corrected chi connectivity index (χ1v) is 6.67. The maximum Gasteiger partial charge on any atom is 0.268 e. The SMILES string of the molecule is COCCn1c(C(=O)NCC(C)O)cc2ccccc21. The summed E-state index contributed by atoms with van der Waals surface area (Å²) in [5.41, 5.74) is 1.59. The van der Waals surface area contributed by atoms with E-state index in [1.165, 1.54) is 0 Å². The molecule has 0 saturated heterocycles. The summed E-state index contributed by atoms with van der Waals surface area (Å²) in [4.78, 5) is 12.2. The van der Waals surface area contributed by atoms with Crippen molar-refractivity contribution < 1.29 is 14.6 Å². The molecule has 2 N–H and O–H groups in total. The van der Waals surface area contributed by atoms with Crippen LogP contribution in [0.15, 0.2) is 30.3 Å². The van der Waals surface area contributed by atoms with Gasteiger partial charge in [0.2, 0.25) is 0 Å². The number of carbonyl (C=O) groups is 1. The number of aliphatic hydroxyl groups is 1. The average molecular weight is 276 g/mol. The number of nitrogens with zero attached hydrogens (tertiary/aromatic N) is 1. The molecule has 0 aliphatic heterocycles. The number of hydrogen-bond acceptors (Lipinski definition) is 3. The highest BCUT2D eigenvalue weighted by Crippen LogP contribution is 2.19. The van der Waals surface area contributed by atoms with Crippen LogP contribution in [0.4, 0.5) is 0 Å². The summed E-state index contributed by atoms with van der Waals surface area (Å²) in [5.74, 6) is -0.182. The van der Waals surface area contributed by atoms with E-state index in [0.717, 1.165) is 10.9 Å². The molecule has 2 rings (SSSR count). The topological polar surface area (TPSA) is 63.5 Å². The minimum Gasteiger partial charge on any atom is -0.392 e. The van der Waals surface area contributed by atoms with Gasteiger partial charge in [-0.05, 0) is 19.1 Å². The van der Waals surface area contributed by atoms with Crippen molar-refractivity contribution in [2.75, 3.05) is 20.3 Å². The van der Waals surface area contributed by atoms with Gasteiger partial charge in [0.15, 0.2) is 0 Å². The molecule has 0 aliphatic carbocycles. The molecule has 1 unspecified atom stereocenters. The van der Waals surface area contributed by atoms with E-state index >= 15 is 0 Å². The molecule has 0 radical (unpaired) electrons. The lowest BCUT2D eigenvalue weighted by molar-refractivity contribution is 0.0912. The molecule has 1 amide bonds. The number of carbonyl (C=O) groups excluding carboxylic acids is 1. The third kappa shape index (κ3) is 3.18. The van der Waals surface area contributed by atoms with Crippen molar-refractivity contribution in [1.29, 1.82) is 0 Å². The van der Waals surface area contributed by atoms with Gasteiger partial charge in [0, 0.05) is 31.1 Å². The van der Waals surface area contributed by atoms with Crippen molar-refractivity contribution in [3.8, 4) is 0 Å². The van der Waals surface area contributed by atoms with Gasteiger partial charge in [-0.1, -0.05) is 18.2 Å². The van der Waals surface area contributed by atoms with E-state index in [-0.39, 0.29) is 12.5 Å². The number of benzene rings is 1. The molecule has 20 heavy (non-hydrogen) atoms. The van der Waals surface area contributed by atoms with Crippen molar-refractivity contribution in [3.63, 3.8) is 0 Å². The van der Waals surface area contributed by atoms with Crippen LogP contribution in [0.3, 0.4) is 0 Å². The van der Waals surface area contributed by atoms with Crippen molar-refractivity contribution in [3.05, 3.63) is 36.0 Å². The van der Waals surface area contributed by atoms with Crippen LogP contribution in [0.2, 0.25) is 0 Å². The summed E-state index contributed by atoms with van der Waals surface area (Å²) in [6.07, 6.45) is -0.559. The maximum atomic E-state index is 12.2. The molecule has 5 nitrogen and oxygen atoms in total. The molecule has 1 atom stereocenters. The van der Waals surface area contributed by atoms with Crippen LogP contribution in [-0.2, 0) is 11.3 Å². The zero-order valence-corrected chi connectivity index (χ0v) is 11.8. The van der Waals surface area contributed by atoms with E-state index in [4.69, 9.17) is 4.74 Å². The molecular weight excluding hydrogens is 256 g/mol. The predicted molar refractivity (Wildman–Crippen MR) is 77.8 cm³/mol. The van der Waals surface area contributed by atoms with Gasteiger partial charge in [0.1, 0.15) is 5.69 Å². The van der Waals surface area contributed by atoms with E-state index in [1.54, 1.807) is 14.0 Å². The Labute approximate surface area is 118 Å². The summed E-state index contributed by atoms with van der Waals surface area (Å²) in [7, 11) is 1.64. The van der Waals surface area contributed by atoms with Crippen LogP contribution in [0.5, 0.6) is 0 Å². The van der Waals surface area contributed by atoms with Crippen molar-refractivity contribution in [2.45, 2.75) is 19.6 Å². The van der Waals surface area contributed by atoms with Gasteiger partial charge in [-0.15, -0.1) is 0 Å². The van der Waals surface area contributed by atoms with Crippen LogP contribution in [0, 0.1) is 0 Å². The monoisotopic (exact) mass is 276 g/mol. The minimum atomic E-state index is -0.559. The fraction of sp³-hybridized carbons (Fsp3) is 0.400. The Morgan fingerprint density at radius 1 is 1.45 bits per heavy atom. The van der Waals surface area contributed by atoms with Gasteiger partial charge in [0.25, 0.3) is 5.91 Å². The van der Waals surface area contributed by atoms with E-state index in [1.807, 2.05) is 34.9 Å². The molecule has 1 heterocycles. The fourth-order valence-electron chi connectivity index (χ4n) is 2.15. The summed E-state index contributed by atoms with van der Waals surface area (Å²) in [6, 6.07) is 9.71. The number of aliphatic hydroxyl groups excluding tert-OH is 1. The standard InChI is InChI=1S/C15H20N2O3/c1-11(18)10-16-15(19)14-9-12-5-3-4-6-13(12)17(14)7-8-20-2/h3-6,9,11,18H,7-8,10H2,1-2H3,(H,16,19). The number of hydrogen-bond donors (Lipinski definition) is 2. The van der Waals surface area contributed by atoms with Gasteiger partial charge in [-0.2, -0.15) is 0 Å². The first-order valence-electron chi connectivity index (χ1n) is 6.67. The van der Waals surface area contributed by atoms with E-state index < -0.39 is 6.10 Å². The molecule has 0 saturated carbocycles. The second-order valence-corrected chi connectivity index (χ2v) is 4.79. The Balaban J connectivity index is 2.32. The lowest BCUT2D eigenvalue weighted by Gasteiger charge is -2.11. The number of rotatable bonds is 6. The first-order chi connectivity index (χ1) is 9.63. The van der Waals surface area contributed by atoms with Gasteiger partial charge < -0.3 is 19.7 Å². The quantitative estimate of drug-likeness (QED) is 0.838. The zero-order valence-electron chi connectivity index (χ0n) is 11.8. The van der Waals surface area contributed by atoms with Gasteiger partial charge in [-0.3, -0.25) is 4.79 Å². The van der Waals surface area contributed by atoms with Crippen LogP contribution < -0.4 is 5.32 Å². The molecule has 1 aromatic carbocycles. The molecule has 1 aromatic heterocycles. The van der Waals surface area contributed by atoms with Crippen LogP contribution in [0.1, 0.15) is 17.4 Å². The highest BCUT2D eigenvalue weighted by atomic mass is 16.5.